The lowest BCUT2D eigenvalue weighted by molar-refractivity contribution is 0.0942. The molecule has 0 radical (unpaired) electrons. The number of hydrogen-bond acceptors (Lipinski definition) is 5. The number of thiophene rings is 1. The summed E-state index contributed by atoms with van der Waals surface area (Å²) in [4.78, 5) is 15.7. The second-order valence-corrected chi connectivity index (χ2v) is 8.48. The highest BCUT2D eigenvalue weighted by atomic mass is 32.2. The van der Waals surface area contributed by atoms with E-state index in [0.717, 1.165) is 0 Å². The third kappa shape index (κ3) is 5.12. The molecule has 0 aliphatic carbocycles. The van der Waals surface area contributed by atoms with Gasteiger partial charge in [-0.1, -0.05) is 13.0 Å². The topological polar surface area (TPSA) is 78.5 Å². The number of nitrogens with zero attached hydrogens (tertiary/aromatic N) is 1. The first-order valence-corrected chi connectivity index (χ1v) is 10.3. The molecule has 25 heavy (non-hydrogen) atoms. The number of sulfonamides is 1. The predicted octanol–water partition coefficient (Wildman–Crippen LogP) is 2.08. The summed E-state index contributed by atoms with van der Waals surface area (Å²) in [7, 11) is 0.432. The standard InChI is InChI=1S/C17H23N3O3S2/c1-4-19-25(22,23)14-9-7-13(8-10-14)17(21)18-12-15(20(2)3)16-6-5-11-24-16/h5-11,15,19H,4,12H2,1-3H3,(H,18,21). The van der Waals surface area contributed by atoms with Crippen molar-refractivity contribution in [2.24, 2.45) is 0 Å². The molecule has 1 aromatic carbocycles. The van der Waals surface area contributed by atoms with Crippen molar-refractivity contribution >= 4 is 27.3 Å². The van der Waals surface area contributed by atoms with Crippen LogP contribution in [0.2, 0.25) is 0 Å². The molecule has 0 saturated carbocycles. The number of benzene rings is 1. The fraction of sp³-hybridized carbons (Fsp3) is 0.353. The van der Waals surface area contributed by atoms with Crippen LogP contribution >= 0.6 is 11.3 Å². The van der Waals surface area contributed by atoms with Crippen LogP contribution in [0.5, 0.6) is 0 Å². The van der Waals surface area contributed by atoms with Gasteiger partial charge in [-0.3, -0.25) is 4.79 Å². The van der Waals surface area contributed by atoms with Crippen molar-refractivity contribution in [2.75, 3.05) is 27.2 Å². The Bertz CT molecular complexity index is 785. The number of hydrogen-bond donors (Lipinski definition) is 2. The molecule has 0 aliphatic heterocycles. The number of likely N-dealkylation sites (N-methyl/N-ethyl adjacent to an activating group) is 1. The number of amides is 1. The van der Waals surface area contributed by atoms with Crippen molar-refractivity contribution in [1.82, 2.24) is 14.9 Å². The van der Waals surface area contributed by atoms with E-state index in [-0.39, 0.29) is 16.8 Å². The van der Waals surface area contributed by atoms with Gasteiger partial charge in [0.15, 0.2) is 0 Å². The second-order valence-electron chi connectivity index (χ2n) is 5.73. The van der Waals surface area contributed by atoms with Gasteiger partial charge in [0.05, 0.1) is 10.9 Å². The quantitative estimate of drug-likeness (QED) is 0.734. The van der Waals surface area contributed by atoms with E-state index in [4.69, 9.17) is 0 Å². The summed E-state index contributed by atoms with van der Waals surface area (Å²) >= 11 is 1.65. The van der Waals surface area contributed by atoms with Gasteiger partial charge in [-0.05, 0) is 49.8 Å². The van der Waals surface area contributed by atoms with Gasteiger partial charge >= 0.3 is 0 Å². The van der Waals surface area contributed by atoms with Crippen LogP contribution in [0.4, 0.5) is 0 Å². The normalized spacial score (nSPS) is 13.0. The minimum atomic E-state index is -3.51. The molecular formula is C17H23N3O3S2. The number of rotatable bonds is 8. The molecule has 0 spiro atoms. The summed E-state index contributed by atoms with van der Waals surface area (Å²) in [6.45, 7) is 2.51. The molecule has 6 nitrogen and oxygen atoms in total. The fourth-order valence-electron chi connectivity index (χ4n) is 2.37. The Kier molecular flexibility index (Phi) is 6.71. The number of carbonyl (C=O) groups is 1. The minimum absolute atomic E-state index is 0.0948. The molecule has 2 aromatic rings. The predicted molar refractivity (Wildman–Crippen MR) is 100 cm³/mol. The monoisotopic (exact) mass is 381 g/mol. The van der Waals surface area contributed by atoms with Gasteiger partial charge in [0.2, 0.25) is 10.0 Å². The summed E-state index contributed by atoms with van der Waals surface area (Å²) in [5.74, 6) is -0.226. The Hall–Kier alpha value is -1.74. The van der Waals surface area contributed by atoms with E-state index in [9.17, 15) is 13.2 Å². The van der Waals surface area contributed by atoms with Crippen LogP contribution in [-0.4, -0.2) is 46.4 Å². The van der Waals surface area contributed by atoms with Crippen LogP contribution in [-0.2, 0) is 10.0 Å². The van der Waals surface area contributed by atoms with Crippen molar-refractivity contribution in [3.05, 3.63) is 52.2 Å². The Balaban J connectivity index is 2.03. The lowest BCUT2D eigenvalue weighted by Gasteiger charge is -2.23. The van der Waals surface area contributed by atoms with Crippen molar-refractivity contribution < 1.29 is 13.2 Å². The first-order valence-electron chi connectivity index (χ1n) is 7.93. The summed E-state index contributed by atoms with van der Waals surface area (Å²) in [5, 5.41) is 4.92. The van der Waals surface area contributed by atoms with Gasteiger partial charge in [-0.2, -0.15) is 0 Å². The Morgan fingerprint density at radius 2 is 1.88 bits per heavy atom. The molecule has 1 unspecified atom stereocenters. The first-order chi connectivity index (χ1) is 11.8. The zero-order chi connectivity index (χ0) is 18.4. The highest BCUT2D eigenvalue weighted by Crippen LogP contribution is 2.22. The maximum atomic E-state index is 12.3. The first kappa shape index (κ1) is 19.6. The lowest BCUT2D eigenvalue weighted by Crippen LogP contribution is -2.34. The molecule has 2 N–H and O–H groups in total. The van der Waals surface area contributed by atoms with Crippen LogP contribution in [0.15, 0.2) is 46.7 Å². The Morgan fingerprint density at radius 1 is 1.20 bits per heavy atom. The van der Waals surface area contributed by atoms with E-state index < -0.39 is 10.0 Å². The maximum absolute atomic E-state index is 12.3. The molecule has 136 valence electrons. The molecule has 0 bridgehead atoms. The van der Waals surface area contributed by atoms with Crippen LogP contribution < -0.4 is 10.0 Å². The molecule has 8 heteroatoms. The van der Waals surface area contributed by atoms with E-state index in [1.54, 1.807) is 18.3 Å². The average Bonchev–Trinajstić information content (AvgIpc) is 3.09. The van der Waals surface area contributed by atoms with Crippen molar-refractivity contribution in [2.45, 2.75) is 17.9 Å². The summed E-state index contributed by atoms with van der Waals surface area (Å²) in [6, 6.07) is 10.1. The summed E-state index contributed by atoms with van der Waals surface area (Å²) in [5.41, 5.74) is 0.430. The smallest absolute Gasteiger partial charge is 0.251 e. The molecule has 1 amide bonds. The third-order valence-corrected chi connectivity index (χ3v) is 6.25. The largest absolute Gasteiger partial charge is 0.350 e. The van der Waals surface area contributed by atoms with E-state index >= 15 is 0 Å². The highest BCUT2D eigenvalue weighted by Gasteiger charge is 2.17. The van der Waals surface area contributed by atoms with Gasteiger partial charge in [-0.25, -0.2) is 13.1 Å². The van der Waals surface area contributed by atoms with E-state index in [2.05, 4.69) is 14.9 Å². The van der Waals surface area contributed by atoms with Crippen LogP contribution in [0, 0.1) is 0 Å². The van der Waals surface area contributed by atoms with E-state index in [1.807, 2.05) is 31.6 Å². The third-order valence-electron chi connectivity index (χ3n) is 3.71. The zero-order valence-electron chi connectivity index (χ0n) is 14.5. The molecule has 0 fully saturated rings. The number of nitrogens with one attached hydrogen (secondary N) is 2. The maximum Gasteiger partial charge on any atom is 0.251 e. The van der Waals surface area contributed by atoms with Gasteiger partial charge in [-0.15, -0.1) is 11.3 Å². The SMILES string of the molecule is CCNS(=O)(=O)c1ccc(C(=O)NCC(c2cccs2)N(C)C)cc1. The molecule has 1 heterocycles. The lowest BCUT2D eigenvalue weighted by atomic mass is 10.2. The fourth-order valence-corrected chi connectivity index (χ4v) is 4.33. The van der Waals surface area contributed by atoms with Crippen LogP contribution in [0.1, 0.15) is 28.2 Å². The Morgan fingerprint density at radius 3 is 2.40 bits per heavy atom. The van der Waals surface area contributed by atoms with Crippen molar-refractivity contribution in [3.63, 3.8) is 0 Å². The average molecular weight is 382 g/mol. The van der Waals surface area contributed by atoms with Crippen molar-refractivity contribution in [1.29, 1.82) is 0 Å². The van der Waals surface area contributed by atoms with E-state index in [1.165, 1.54) is 29.1 Å². The molecule has 0 aliphatic rings. The van der Waals surface area contributed by atoms with Crippen molar-refractivity contribution in [3.8, 4) is 0 Å². The van der Waals surface area contributed by atoms with Gasteiger partial charge < -0.3 is 10.2 Å². The molecule has 1 aromatic heterocycles. The number of carbonyl (C=O) groups excluding carboxylic acids is 1. The molecular weight excluding hydrogens is 358 g/mol. The van der Waals surface area contributed by atoms with Gasteiger partial charge in [0, 0.05) is 23.5 Å². The van der Waals surface area contributed by atoms with E-state index in [0.29, 0.717) is 18.7 Å². The van der Waals surface area contributed by atoms with Gasteiger partial charge in [0.25, 0.3) is 5.91 Å². The minimum Gasteiger partial charge on any atom is -0.350 e. The van der Waals surface area contributed by atoms with Gasteiger partial charge in [0.1, 0.15) is 0 Å². The molecule has 2 rings (SSSR count). The Labute approximate surface area is 152 Å². The zero-order valence-corrected chi connectivity index (χ0v) is 16.2. The van der Waals surface area contributed by atoms with Crippen LogP contribution in [0.25, 0.3) is 0 Å². The summed E-state index contributed by atoms with van der Waals surface area (Å²) < 4.78 is 26.3. The highest BCUT2D eigenvalue weighted by molar-refractivity contribution is 7.89. The molecule has 0 saturated heterocycles. The second kappa shape index (κ2) is 8.57. The summed E-state index contributed by atoms with van der Waals surface area (Å²) in [6.07, 6.45) is 0. The van der Waals surface area contributed by atoms with Crippen LogP contribution in [0.3, 0.4) is 0 Å². The molecule has 1 atom stereocenters.